The number of Topliss-reactive ketones (excluding diaryl/α,β-unsaturated/α-hetero) is 1. The summed E-state index contributed by atoms with van der Waals surface area (Å²) in [4.78, 5) is 16.3. The standard InChI is InChI=1S/C21H22N4O2S/c1-13(2)11-25-20(18-9-6-10-27-18)23-24-21(25)28-12-17(26)19-14(3)22-16-8-5-4-7-15(16)19/h4-10,13,22H,11-12H2,1-3H3. The molecule has 7 heteroatoms. The van der Waals surface area contributed by atoms with Crippen molar-refractivity contribution < 1.29 is 9.21 Å². The van der Waals surface area contributed by atoms with E-state index in [9.17, 15) is 4.79 Å². The summed E-state index contributed by atoms with van der Waals surface area (Å²) in [5.41, 5.74) is 2.63. The summed E-state index contributed by atoms with van der Waals surface area (Å²) in [6, 6.07) is 11.6. The van der Waals surface area contributed by atoms with E-state index in [0.29, 0.717) is 23.3 Å². The highest BCUT2D eigenvalue weighted by atomic mass is 32.2. The number of H-pyrrole nitrogens is 1. The number of benzene rings is 1. The van der Waals surface area contributed by atoms with Crippen LogP contribution >= 0.6 is 11.8 Å². The Hall–Kier alpha value is -2.80. The molecule has 3 heterocycles. The third kappa shape index (κ3) is 3.49. The van der Waals surface area contributed by atoms with E-state index >= 15 is 0 Å². The number of hydrogen-bond donors (Lipinski definition) is 1. The van der Waals surface area contributed by atoms with E-state index < -0.39 is 0 Å². The lowest BCUT2D eigenvalue weighted by Gasteiger charge is -2.11. The molecule has 0 unspecified atom stereocenters. The summed E-state index contributed by atoms with van der Waals surface area (Å²) in [6.07, 6.45) is 1.62. The summed E-state index contributed by atoms with van der Waals surface area (Å²) in [5, 5.41) is 10.3. The lowest BCUT2D eigenvalue weighted by Crippen LogP contribution is -2.09. The number of carbonyl (C=O) groups excluding carboxylic acids is 1. The number of thioether (sulfide) groups is 1. The molecule has 0 amide bonds. The summed E-state index contributed by atoms with van der Waals surface area (Å²) >= 11 is 1.41. The van der Waals surface area contributed by atoms with Gasteiger partial charge in [0.05, 0.1) is 12.0 Å². The lowest BCUT2D eigenvalue weighted by molar-refractivity contribution is 0.102. The van der Waals surface area contributed by atoms with Crippen LogP contribution in [0.4, 0.5) is 0 Å². The van der Waals surface area contributed by atoms with Crippen molar-refractivity contribution in [2.75, 3.05) is 5.75 Å². The fourth-order valence-electron chi connectivity index (χ4n) is 3.35. The molecular formula is C21H22N4O2S. The minimum atomic E-state index is 0.0820. The third-order valence-corrected chi connectivity index (χ3v) is 5.48. The average Bonchev–Trinajstić information content (AvgIpc) is 3.37. The fourth-order valence-corrected chi connectivity index (χ4v) is 4.17. The van der Waals surface area contributed by atoms with Crippen LogP contribution in [0.25, 0.3) is 22.5 Å². The molecule has 1 N–H and O–H groups in total. The molecule has 144 valence electrons. The van der Waals surface area contributed by atoms with Gasteiger partial charge in [-0.1, -0.05) is 43.8 Å². The van der Waals surface area contributed by atoms with Crippen LogP contribution < -0.4 is 0 Å². The molecule has 0 radical (unpaired) electrons. The van der Waals surface area contributed by atoms with Crippen LogP contribution in [0.3, 0.4) is 0 Å². The predicted octanol–water partition coefficient (Wildman–Crippen LogP) is 4.96. The molecule has 0 aliphatic carbocycles. The molecular weight excluding hydrogens is 372 g/mol. The van der Waals surface area contributed by atoms with E-state index in [2.05, 4.69) is 29.0 Å². The maximum atomic E-state index is 13.0. The predicted molar refractivity (Wildman–Crippen MR) is 111 cm³/mol. The number of fused-ring (bicyclic) bond motifs is 1. The molecule has 0 atom stereocenters. The Kier molecular flexibility index (Phi) is 5.09. The van der Waals surface area contributed by atoms with Gasteiger partial charge in [0.25, 0.3) is 0 Å². The minimum Gasteiger partial charge on any atom is -0.461 e. The van der Waals surface area contributed by atoms with Gasteiger partial charge >= 0.3 is 0 Å². The maximum absolute atomic E-state index is 13.0. The molecule has 0 bridgehead atoms. The molecule has 3 aromatic heterocycles. The van der Waals surface area contributed by atoms with Crippen molar-refractivity contribution in [3.8, 4) is 11.6 Å². The van der Waals surface area contributed by atoms with Crippen molar-refractivity contribution >= 4 is 28.4 Å². The normalized spacial score (nSPS) is 11.6. The summed E-state index contributed by atoms with van der Waals surface area (Å²) in [7, 11) is 0. The number of furan rings is 1. The smallest absolute Gasteiger partial charge is 0.200 e. The van der Waals surface area contributed by atoms with E-state index in [4.69, 9.17) is 4.42 Å². The minimum absolute atomic E-state index is 0.0820. The van der Waals surface area contributed by atoms with Gasteiger partial charge in [-0.2, -0.15) is 0 Å². The molecule has 0 aliphatic heterocycles. The Bertz CT molecular complexity index is 1110. The molecule has 1 aromatic carbocycles. The van der Waals surface area contributed by atoms with E-state index in [0.717, 1.165) is 33.9 Å². The van der Waals surface area contributed by atoms with Crippen molar-refractivity contribution in [1.82, 2.24) is 19.7 Å². The lowest BCUT2D eigenvalue weighted by atomic mass is 10.1. The number of nitrogens with zero attached hydrogens (tertiary/aromatic N) is 3. The molecule has 4 aromatic rings. The summed E-state index contributed by atoms with van der Waals surface area (Å²) in [6.45, 7) is 6.97. The van der Waals surface area contributed by atoms with Crippen LogP contribution in [0.15, 0.2) is 52.2 Å². The van der Waals surface area contributed by atoms with Crippen molar-refractivity contribution in [1.29, 1.82) is 0 Å². The summed E-state index contributed by atoms with van der Waals surface area (Å²) in [5.74, 6) is 2.17. The Morgan fingerprint density at radius 1 is 1.21 bits per heavy atom. The molecule has 0 aliphatic rings. The molecule has 0 fully saturated rings. The number of aromatic amines is 1. The van der Waals surface area contributed by atoms with Gasteiger partial charge in [0, 0.05) is 28.7 Å². The highest BCUT2D eigenvalue weighted by Crippen LogP contribution is 2.28. The van der Waals surface area contributed by atoms with Crippen molar-refractivity contribution in [2.45, 2.75) is 32.5 Å². The van der Waals surface area contributed by atoms with E-state index in [1.54, 1.807) is 6.26 Å². The number of nitrogens with one attached hydrogen (secondary N) is 1. The molecule has 28 heavy (non-hydrogen) atoms. The third-order valence-electron chi connectivity index (χ3n) is 4.51. The largest absolute Gasteiger partial charge is 0.461 e. The number of ketones is 1. The summed E-state index contributed by atoms with van der Waals surface area (Å²) < 4.78 is 7.53. The molecule has 0 saturated heterocycles. The van der Waals surface area contributed by atoms with E-state index in [1.165, 1.54) is 11.8 Å². The van der Waals surface area contributed by atoms with Gasteiger partial charge in [0.15, 0.2) is 22.5 Å². The Morgan fingerprint density at radius 2 is 2.04 bits per heavy atom. The number of aromatic nitrogens is 4. The number of rotatable bonds is 7. The number of carbonyl (C=O) groups is 1. The van der Waals surface area contributed by atoms with Crippen LogP contribution in [0.5, 0.6) is 0 Å². The highest BCUT2D eigenvalue weighted by molar-refractivity contribution is 7.99. The molecule has 0 spiro atoms. The highest BCUT2D eigenvalue weighted by Gasteiger charge is 2.20. The second-order valence-electron chi connectivity index (χ2n) is 7.17. The first-order chi connectivity index (χ1) is 13.5. The monoisotopic (exact) mass is 394 g/mol. The second kappa shape index (κ2) is 7.67. The Balaban J connectivity index is 1.59. The Morgan fingerprint density at radius 3 is 2.79 bits per heavy atom. The van der Waals surface area contributed by atoms with Crippen LogP contribution in [0.2, 0.25) is 0 Å². The first-order valence-corrected chi connectivity index (χ1v) is 10.2. The fraction of sp³-hybridized carbons (Fsp3) is 0.286. The van der Waals surface area contributed by atoms with Gasteiger partial charge in [0.1, 0.15) is 0 Å². The second-order valence-corrected chi connectivity index (χ2v) is 8.11. The first kappa shape index (κ1) is 18.6. The maximum Gasteiger partial charge on any atom is 0.200 e. The van der Waals surface area contributed by atoms with Crippen LogP contribution in [-0.2, 0) is 6.54 Å². The number of hydrogen-bond acceptors (Lipinski definition) is 5. The van der Waals surface area contributed by atoms with Crippen molar-refractivity contribution in [3.05, 3.63) is 53.9 Å². The van der Waals surface area contributed by atoms with E-state index in [1.807, 2.05) is 47.9 Å². The van der Waals surface area contributed by atoms with Gasteiger partial charge in [-0.25, -0.2) is 0 Å². The van der Waals surface area contributed by atoms with Crippen LogP contribution in [-0.4, -0.2) is 31.3 Å². The number of para-hydroxylation sites is 1. The van der Waals surface area contributed by atoms with Crippen molar-refractivity contribution in [2.24, 2.45) is 5.92 Å². The molecule has 6 nitrogen and oxygen atoms in total. The van der Waals surface area contributed by atoms with E-state index in [-0.39, 0.29) is 5.78 Å². The zero-order chi connectivity index (χ0) is 19.7. The molecule has 0 saturated carbocycles. The number of aryl methyl sites for hydroxylation is 1. The van der Waals surface area contributed by atoms with Crippen LogP contribution in [0, 0.1) is 12.8 Å². The SMILES string of the molecule is Cc1[nH]c2ccccc2c1C(=O)CSc1nnc(-c2ccco2)n1CC(C)C. The van der Waals surface area contributed by atoms with Crippen molar-refractivity contribution in [3.63, 3.8) is 0 Å². The van der Waals surface area contributed by atoms with Gasteiger partial charge in [0.2, 0.25) is 0 Å². The first-order valence-electron chi connectivity index (χ1n) is 9.25. The molecule has 4 rings (SSSR count). The van der Waals surface area contributed by atoms with Gasteiger partial charge in [-0.3, -0.25) is 9.36 Å². The van der Waals surface area contributed by atoms with Gasteiger partial charge < -0.3 is 9.40 Å². The van der Waals surface area contributed by atoms with Gasteiger partial charge in [-0.15, -0.1) is 10.2 Å². The van der Waals surface area contributed by atoms with Gasteiger partial charge in [-0.05, 0) is 31.0 Å². The Labute approximate surface area is 167 Å². The van der Waals surface area contributed by atoms with Crippen LogP contribution in [0.1, 0.15) is 29.9 Å². The average molecular weight is 395 g/mol. The zero-order valence-corrected chi connectivity index (χ0v) is 16.9. The quantitative estimate of drug-likeness (QED) is 0.354. The zero-order valence-electron chi connectivity index (χ0n) is 16.1. The topological polar surface area (TPSA) is 76.7 Å².